The third-order valence-corrected chi connectivity index (χ3v) is 3.21. The molecule has 1 aliphatic carbocycles. The predicted molar refractivity (Wildman–Crippen MR) is 44.2 cm³/mol. The highest BCUT2D eigenvalue weighted by molar-refractivity contribution is 6.42. The molecule has 2 unspecified atom stereocenters. The van der Waals surface area contributed by atoms with E-state index in [4.69, 9.17) is 0 Å². The summed E-state index contributed by atoms with van der Waals surface area (Å²) in [4.78, 5) is 13.2. The zero-order valence-electron chi connectivity index (χ0n) is 6.72. The number of amides is 1. The number of fused-ring (bicyclic) bond motifs is 1. The number of carbonyl (C=O) groups is 1. The summed E-state index contributed by atoms with van der Waals surface area (Å²) in [6.45, 7) is 0. The number of rotatable bonds is 0. The van der Waals surface area contributed by atoms with E-state index >= 15 is 0 Å². The lowest BCUT2D eigenvalue weighted by atomic mass is 9.59. The summed E-state index contributed by atoms with van der Waals surface area (Å²) >= 11 is 0. The number of likely N-dealkylation sites (tertiary alicyclic amines) is 1. The number of piperidine rings is 1. The minimum Gasteiger partial charge on any atom is -0.355 e. The van der Waals surface area contributed by atoms with E-state index in [1.165, 1.54) is 0 Å². The van der Waals surface area contributed by atoms with Gasteiger partial charge in [-0.25, -0.2) is 0 Å². The lowest BCUT2D eigenvalue weighted by molar-refractivity contribution is -0.129. The van der Waals surface area contributed by atoms with Crippen LogP contribution < -0.4 is 0 Å². The lowest BCUT2D eigenvalue weighted by Crippen LogP contribution is -2.47. The molecule has 2 nitrogen and oxygen atoms in total. The van der Waals surface area contributed by atoms with Crippen molar-refractivity contribution in [3.05, 3.63) is 0 Å². The van der Waals surface area contributed by atoms with Crippen molar-refractivity contribution in [2.24, 2.45) is 11.8 Å². The van der Waals surface area contributed by atoms with Crippen molar-refractivity contribution in [1.29, 1.82) is 0 Å². The van der Waals surface area contributed by atoms with Gasteiger partial charge < -0.3 is 4.90 Å². The molecule has 2 aliphatic rings. The highest BCUT2D eigenvalue weighted by Crippen LogP contribution is 2.52. The average Bonchev–Trinajstić information content (AvgIpc) is 2.58. The van der Waals surface area contributed by atoms with Crippen molar-refractivity contribution in [1.82, 2.24) is 4.90 Å². The standard InChI is InChI=1S/C6H11B2NO/c1-9-5(10)3-2-4(3)6(9,7)8/h3-4H,2,7-8H2,1H3. The van der Waals surface area contributed by atoms with Gasteiger partial charge in [0.1, 0.15) is 15.7 Å². The van der Waals surface area contributed by atoms with Crippen LogP contribution in [0.2, 0.25) is 0 Å². The van der Waals surface area contributed by atoms with Gasteiger partial charge in [-0.15, -0.1) is 0 Å². The van der Waals surface area contributed by atoms with Crippen molar-refractivity contribution in [2.45, 2.75) is 11.8 Å². The van der Waals surface area contributed by atoms with Crippen LogP contribution in [0.4, 0.5) is 0 Å². The van der Waals surface area contributed by atoms with Gasteiger partial charge in [0.05, 0.1) is 0 Å². The zero-order valence-corrected chi connectivity index (χ0v) is 6.72. The summed E-state index contributed by atoms with van der Waals surface area (Å²) in [5.74, 6) is 1.40. The fourth-order valence-corrected chi connectivity index (χ4v) is 2.03. The second kappa shape index (κ2) is 1.44. The Kier molecular flexibility index (Phi) is 0.907. The van der Waals surface area contributed by atoms with E-state index in [0.29, 0.717) is 17.7 Å². The Balaban J connectivity index is 2.32. The number of hydrogen-bond acceptors (Lipinski definition) is 1. The van der Waals surface area contributed by atoms with Crippen LogP contribution in [0.25, 0.3) is 0 Å². The fourth-order valence-electron chi connectivity index (χ4n) is 2.03. The first-order valence-corrected chi connectivity index (χ1v) is 3.83. The fraction of sp³-hybridized carbons (Fsp3) is 0.833. The summed E-state index contributed by atoms with van der Waals surface area (Å²) in [5.41, 5.74) is 0. The minimum atomic E-state index is 0.141. The Hall–Kier alpha value is -0.400. The highest BCUT2D eigenvalue weighted by Gasteiger charge is 2.60. The van der Waals surface area contributed by atoms with Crippen LogP contribution in [0.15, 0.2) is 0 Å². The molecule has 1 heterocycles. The maximum absolute atomic E-state index is 11.3. The van der Waals surface area contributed by atoms with E-state index in [0.717, 1.165) is 6.42 Å². The molecular weight excluding hydrogens is 124 g/mol. The van der Waals surface area contributed by atoms with Gasteiger partial charge in [0.25, 0.3) is 0 Å². The van der Waals surface area contributed by atoms with Gasteiger partial charge in [-0.05, 0) is 17.7 Å². The van der Waals surface area contributed by atoms with Crippen molar-refractivity contribution < 1.29 is 4.79 Å². The molecule has 2 fully saturated rings. The average molecular weight is 135 g/mol. The monoisotopic (exact) mass is 135 g/mol. The molecule has 0 aromatic carbocycles. The highest BCUT2D eigenvalue weighted by atomic mass is 16.2. The molecule has 2 rings (SSSR count). The molecule has 1 aliphatic heterocycles. The van der Waals surface area contributed by atoms with Crippen LogP contribution in [0, 0.1) is 11.8 Å². The Morgan fingerprint density at radius 1 is 1.70 bits per heavy atom. The molecule has 4 heteroatoms. The molecule has 0 N–H and O–H groups in total. The molecule has 10 heavy (non-hydrogen) atoms. The quantitative estimate of drug-likeness (QED) is 0.352. The number of nitrogens with zero attached hydrogens (tertiary/aromatic N) is 1. The zero-order chi connectivity index (χ0) is 7.52. The molecule has 1 saturated heterocycles. The molecule has 0 spiro atoms. The molecule has 1 saturated carbocycles. The van der Waals surface area contributed by atoms with Gasteiger partial charge in [0.2, 0.25) is 5.91 Å². The van der Waals surface area contributed by atoms with Gasteiger partial charge in [0, 0.05) is 13.0 Å². The van der Waals surface area contributed by atoms with Crippen molar-refractivity contribution in [3.8, 4) is 0 Å². The second-order valence-corrected chi connectivity index (χ2v) is 4.00. The van der Waals surface area contributed by atoms with E-state index in [1.807, 2.05) is 11.9 Å². The van der Waals surface area contributed by atoms with Crippen LogP contribution in [0.1, 0.15) is 6.42 Å². The minimum absolute atomic E-state index is 0.141. The Morgan fingerprint density at radius 2 is 2.30 bits per heavy atom. The predicted octanol–water partition coefficient (Wildman–Crippen LogP) is -1.99. The summed E-state index contributed by atoms with van der Waals surface area (Å²) in [7, 11) is 6.22. The van der Waals surface area contributed by atoms with Gasteiger partial charge in [-0.1, -0.05) is 0 Å². The van der Waals surface area contributed by atoms with Gasteiger partial charge >= 0.3 is 0 Å². The van der Waals surface area contributed by atoms with Crippen LogP contribution in [-0.2, 0) is 4.79 Å². The molecular formula is C6H11B2NO. The summed E-state index contributed by atoms with van der Waals surface area (Å²) in [5, 5.41) is 0.141. The van der Waals surface area contributed by atoms with Crippen molar-refractivity contribution >= 4 is 21.6 Å². The second-order valence-electron chi connectivity index (χ2n) is 4.00. The van der Waals surface area contributed by atoms with E-state index in [1.54, 1.807) is 0 Å². The van der Waals surface area contributed by atoms with Crippen LogP contribution in [0.5, 0.6) is 0 Å². The summed E-state index contributed by atoms with van der Waals surface area (Å²) in [6, 6.07) is 0. The summed E-state index contributed by atoms with van der Waals surface area (Å²) < 4.78 is 0. The molecule has 52 valence electrons. The molecule has 0 radical (unpaired) electrons. The Morgan fingerprint density at radius 3 is 2.50 bits per heavy atom. The maximum Gasteiger partial charge on any atom is 0.224 e. The first-order chi connectivity index (χ1) is 4.55. The third-order valence-electron chi connectivity index (χ3n) is 3.21. The first kappa shape index (κ1) is 6.32. The normalized spacial score (nSPS) is 41.7. The van der Waals surface area contributed by atoms with Crippen molar-refractivity contribution in [2.75, 3.05) is 7.05 Å². The van der Waals surface area contributed by atoms with Gasteiger partial charge in [-0.2, -0.15) is 0 Å². The van der Waals surface area contributed by atoms with Crippen LogP contribution in [-0.4, -0.2) is 38.9 Å². The van der Waals surface area contributed by atoms with Gasteiger partial charge in [0.15, 0.2) is 0 Å². The van der Waals surface area contributed by atoms with E-state index in [-0.39, 0.29) is 5.34 Å². The van der Waals surface area contributed by atoms with E-state index < -0.39 is 0 Å². The first-order valence-electron chi connectivity index (χ1n) is 3.83. The van der Waals surface area contributed by atoms with Crippen molar-refractivity contribution in [3.63, 3.8) is 0 Å². The molecule has 1 amide bonds. The molecule has 2 atom stereocenters. The third kappa shape index (κ3) is 0.505. The van der Waals surface area contributed by atoms with Gasteiger partial charge in [-0.3, -0.25) is 4.79 Å². The Bertz CT molecular complexity index is 204. The van der Waals surface area contributed by atoms with Crippen LogP contribution >= 0.6 is 0 Å². The molecule has 0 bridgehead atoms. The maximum atomic E-state index is 11.3. The lowest BCUT2D eigenvalue weighted by Gasteiger charge is -2.31. The van der Waals surface area contributed by atoms with E-state index in [2.05, 4.69) is 15.7 Å². The summed E-state index contributed by atoms with van der Waals surface area (Å²) in [6.07, 6.45) is 1.14. The Labute approximate surface area is 62.8 Å². The number of carbonyl (C=O) groups excluding carboxylic acids is 1. The smallest absolute Gasteiger partial charge is 0.224 e. The van der Waals surface area contributed by atoms with Crippen LogP contribution in [0.3, 0.4) is 0 Å². The van der Waals surface area contributed by atoms with E-state index in [9.17, 15) is 4.79 Å². The molecule has 0 aromatic heterocycles. The largest absolute Gasteiger partial charge is 0.355 e. The topological polar surface area (TPSA) is 20.3 Å². The number of hydrogen-bond donors (Lipinski definition) is 0. The SMILES string of the molecule is BC1(B)C2CC2C(=O)N1C. The molecule has 0 aromatic rings.